The molecule has 380 valence electrons. The maximum Gasteiger partial charge on any atom is 0.306 e. The maximum absolute atomic E-state index is 12.8. The highest BCUT2D eigenvalue weighted by Crippen LogP contribution is 2.14. The lowest BCUT2D eigenvalue weighted by Gasteiger charge is -2.18. The lowest BCUT2D eigenvalue weighted by Crippen LogP contribution is -2.30. The Morgan fingerprint density at radius 2 is 0.591 bits per heavy atom. The Labute approximate surface area is 408 Å². The van der Waals surface area contributed by atoms with Gasteiger partial charge >= 0.3 is 17.9 Å². The monoisotopic (exact) mass is 921 g/mol. The van der Waals surface area contributed by atoms with Crippen molar-refractivity contribution in [1.29, 1.82) is 0 Å². The molecule has 0 fully saturated rings. The molecule has 0 bridgehead atoms. The summed E-state index contributed by atoms with van der Waals surface area (Å²) in [4.78, 5) is 38.1. The van der Waals surface area contributed by atoms with Gasteiger partial charge in [0.1, 0.15) is 13.2 Å². The second kappa shape index (κ2) is 54.5. The Morgan fingerprint density at radius 1 is 0.318 bits per heavy atom. The van der Waals surface area contributed by atoms with Crippen molar-refractivity contribution in [3.05, 3.63) is 72.9 Å². The van der Waals surface area contributed by atoms with Crippen molar-refractivity contribution in [2.45, 2.75) is 277 Å². The molecule has 0 aliphatic heterocycles. The third-order valence-electron chi connectivity index (χ3n) is 11.9. The normalized spacial score (nSPS) is 12.6. The number of ether oxygens (including phenoxy) is 3. The molecule has 0 amide bonds. The zero-order valence-electron chi connectivity index (χ0n) is 43.4. The van der Waals surface area contributed by atoms with E-state index in [-0.39, 0.29) is 31.1 Å². The molecule has 6 heteroatoms. The number of carbonyl (C=O) groups is 3. The Hall–Kier alpha value is -3.15. The number of unbranched alkanes of at least 4 members (excludes halogenated alkanes) is 27. The first-order valence-electron chi connectivity index (χ1n) is 27.9. The Bertz CT molecular complexity index is 1240. The molecule has 0 radical (unpaired) electrons. The molecule has 0 spiro atoms. The maximum atomic E-state index is 12.8. The molecule has 66 heavy (non-hydrogen) atoms. The van der Waals surface area contributed by atoms with E-state index in [1.807, 2.05) is 0 Å². The van der Waals surface area contributed by atoms with Gasteiger partial charge in [-0.05, 0) is 109 Å². The summed E-state index contributed by atoms with van der Waals surface area (Å²) in [5, 5.41) is 0. The molecular weight excluding hydrogens is 817 g/mol. The first-order valence-corrected chi connectivity index (χ1v) is 27.9. The molecule has 0 saturated carbocycles. The van der Waals surface area contributed by atoms with E-state index >= 15 is 0 Å². The fraction of sp³-hybridized carbons (Fsp3) is 0.750. The predicted octanol–water partition coefficient (Wildman–Crippen LogP) is 18.6. The number of allylic oxidation sites excluding steroid dienone is 12. The molecule has 0 aromatic carbocycles. The first kappa shape index (κ1) is 62.8. The highest BCUT2D eigenvalue weighted by Gasteiger charge is 2.19. The molecule has 0 heterocycles. The van der Waals surface area contributed by atoms with Crippen LogP contribution < -0.4 is 0 Å². The van der Waals surface area contributed by atoms with E-state index in [0.717, 1.165) is 122 Å². The number of carbonyl (C=O) groups excluding carboxylic acids is 3. The summed E-state index contributed by atoms with van der Waals surface area (Å²) in [6.07, 6.45) is 68.8. The Kier molecular flexibility index (Phi) is 51.9. The quantitative estimate of drug-likeness (QED) is 0.0262. The molecule has 0 aliphatic rings. The predicted molar refractivity (Wildman–Crippen MR) is 284 cm³/mol. The summed E-state index contributed by atoms with van der Waals surface area (Å²) in [6, 6.07) is 0. The van der Waals surface area contributed by atoms with Crippen molar-refractivity contribution in [1.82, 2.24) is 0 Å². The minimum absolute atomic E-state index is 0.0882. The van der Waals surface area contributed by atoms with Gasteiger partial charge < -0.3 is 14.2 Å². The lowest BCUT2D eigenvalue weighted by atomic mass is 10.1. The Balaban J connectivity index is 4.43. The molecule has 1 atom stereocenters. The third-order valence-corrected chi connectivity index (χ3v) is 11.9. The van der Waals surface area contributed by atoms with Crippen molar-refractivity contribution in [2.75, 3.05) is 13.2 Å². The van der Waals surface area contributed by atoms with E-state index in [1.54, 1.807) is 0 Å². The van der Waals surface area contributed by atoms with Crippen LogP contribution in [0.2, 0.25) is 0 Å². The number of rotatable bonds is 50. The van der Waals surface area contributed by atoms with Gasteiger partial charge in [-0.1, -0.05) is 216 Å². The van der Waals surface area contributed by atoms with Gasteiger partial charge in [0.15, 0.2) is 6.10 Å². The van der Waals surface area contributed by atoms with E-state index in [4.69, 9.17) is 14.2 Å². The average Bonchev–Trinajstić information content (AvgIpc) is 3.31. The van der Waals surface area contributed by atoms with Crippen LogP contribution in [0.3, 0.4) is 0 Å². The van der Waals surface area contributed by atoms with Crippen molar-refractivity contribution in [3.8, 4) is 0 Å². The van der Waals surface area contributed by atoms with Crippen LogP contribution in [0.4, 0.5) is 0 Å². The molecule has 0 aromatic rings. The van der Waals surface area contributed by atoms with E-state index < -0.39 is 6.10 Å². The van der Waals surface area contributed by atoms with Crippen molar-refractivity contribution >= 4 is 17.9 Å². The third kappa shape index (κ3) is 51.8. The number of hydrogen-bond acceptors (Lipinski definition) is 6. The zero-order chi connectivity index (χ0) is 47.9. The SMILES string of the molecule is CC/C=C\C/C=C\C/C=C\CCCCCCCC(=O)OCC(COC(=O)CCCCCCCCC/C=C\C/C=C\CCCCC)OC(=O)CCCCCCC/C=C\CCCCCCCCC. The van der Waals surface area contributed by atoms with Gasteiger partial charge in [-0.25, -0.2) is 0 Å². The minimum Gasteiger partial charge on any atom is -0.462 e. The fourth-order valence-electron chi connectivity index (χ4n) is 7.72. The largest absolute Gasteiger partial charge is 0.462 e. The fourth-order valence-corrected chi connectivity index (χ4v) is 7.72. The van der Waals surface area contributed by atoms with Gasteiger partial charge in [-0.15, -0.1) is 0 Å². The van der Waals surface area contributed by atoms with E-state index in [9.17, 15) is 14.4 Å². The average molecular weight is 921 g/mol. The lowest BCUT2D eigenvalue weighted by molar-refractivity contribution is -0.167. The molecule has 0 aromatic heterocycles. The van der Waals surface area contributed by atoms with Crippen molar-refractivity contribution in [3.63, 3.8) is 0 Å². The van der Waals surface area contributed by atoms with Gasteiger partial charge in [0.2, 0.25) is 0 Å². The zero-order valence-corrected chi connectivity index (χ0v) is 43.4. The van der Waals surface area contributed by atoms with Crippen molar-refractivity contribution < 1.29 is 28.6 Å². The second-order valence-electron chi connectivity index (χ2n) is 18.5. The van der Waals surface area contributed by atoms with Crippen LogP contribution in [0.1, 0.15) is 271 Å². The summed E-state index contributed by atoms with van der Waals surface area (Å²) in [5.74, 6) is -0.915. The molecule has 1 unspecified atom stereocenters. The standard InChI is InChI=1S/C60H104O6/c1-4-7-10-13-16-19-22-25-28-30-33-35-38-41-44-47-50-53-59(62)65-56-57(55-64-58(61)52-49-46-43-40-37-34-31-27-24-21-18-15-12-9-6-3)66-60(63)54-51-48-45-42-39-36-32-29-26-23-20-17-14-11-8-5-2/h9,12,16,18-19,21,25,27-29,31-32,57H,4-8,10-11,13-15,17,20,22-24,26,30,33-56H2,1-3H3/b12-9-,19-16-,21-18-,28-25-,31-27-,32-29-. The van der Waals surface area contributed by atoms with Gasteiger partial charge in [0.25, 0.3) is 0 Å². The van der Waals surface area contributed by atoms with Crippen LogP contribution in [-0.4, -0.2) is 37.2 Å². The molecule has 0 N–H and O–H groups in total. The molecule has 0 rings (SSSR count). The van der Waals surface area contributed by atoms with Crippen LogP contribution in [0, 0.1) is 0 Å². The van der Waals surface area contributed by atoms with Gasteiger partial charge in [0.05, 0.1) is 0 Å². The van der Waals surface area contributed by atoms with E-state index in [2.05, 4.69) is 93.7 Å². The van der Waals surface area contributed by atoms with Gasteiger partial charge in [0, 0.05) is 19.3 Å². The first-order chi connectivity index (χ1) is 32.5. The summed E-state index contributed by atoms with van der Waals surface area (Å²) < 4.78 is 16.8. The highest BCUT2D eigenvalue weighted by molar-refractivity contribution is 5.71. The summed E-state index contributed by atoms with van der Waals surface area (Å²) >= 11 is 0. The Morgan fingerprint density at radius 3 is 0.970 bits per heavy atom. The summed E-state index contributed by atoms with van der Waals surface area (Å²) in [7, 11) is 0. The number of hydrogen-bond donors (Lipinski definition) is 0. The van der Waals surface area contributed by atoms with Crippen LogP contribution in [-0.2, 0) is 28.6 Å². The number of esters is 3. The van der Waals surface area contributed by atoms with Crippen LogP contribution in [0.5, 0.6) is 0 Å². The van der Waals surface area contributed by atoms with Gasteiger partial charge in [-0.2, -0.15) is 0 Å². The smallest absolute Gasteiger partial charge is 0.306 e. The molecule has 0 saturated heterocycles. The van der Waals surface area contributed by atoms with E-state index in [1.165, 1.54) is 109 Å². The van der Waals surface area contributed by atoms with Gasteiger partial charge in [-0.3, -0.25) is 14.4 Å². The minimum atomic E-state index is -0.790. The highest BCUT2D eigenvalue weighted by atomic mass is 16.6. The van der Waals surface area contributed by atoms with Crippen LogP contribution in [0.15, 0.2) is 72.9 Å². The molecule has 0 aliphatic carbocycles. The summed E-state index contributed by atoms with van der Waals surface area (Å²) in [5.41, 5.74) is 0. The van der Waals surface area contributed by atoms with Crippen LogP contribution >= 0.6 is 0 Å². The topological polar surface area (TPSA) is 78.9 Å². The van der Waals surface area contributed by atoms with Crippen LogP contribution in [0.25, 0.3) is 0 Å². The van der Waals surface area contributed by atoms with E-state index in [0.29, 0.717) is 19.3 Å². The van der Waals surface area contributed by atoms with Crippen molar-refractivity contribution in [2.24, 2.45) is 0 Å². The molecular formula is C60H104O6. The summed E-state index contributed by atoms with van der Waals surface area (Å²) in [6.45, 7) is 6.49. The second-order valence-corrected chi connectivity index (χ2v) is 18.5. The molecule has 6 nitrogen and oxygen atoms in total.